The molecular formula is C11H14FNO3. The SMILES string of the molecule is O=C(O)CCCNCc1ccc(O)c(F)c1. The van der Waals surface area contributed by atoms with Gasteiger partial charge in [-0.2, -0.15) is 0 Å². The number of rotatable bonds is 6. The molecule has 16 heavy (non-hydrogen) atoms. The second-order valence-corrected chi connectivity index (χ2v) is 3.46. The first-order chi connectivity index (χ1) is 7.59. The molecule has 1 aromatic carbocycles. The number of halogens is 1. The van der Waals surface area contributed by atoms with Crippen LogP contribution in [-0.4, -0.2) is 22.7 Å². The number of hydrogen-bond acceptors (Lipinski definition) is 3. The van der Waals surface area contributed by atoms with Gasteiger partial charge >= 0.3 is 5.97 Å². The predicted molar refractivity (Wildman–Crippen MR) is 56.6 cm³/mol. The Morgan fingerprint density at radius 2 is 2.19 bits per heavy atom. The molecule has 4 nitrogen and oxygen atoms in total. The zero-order valence-electron chi connectivity index (χ0n) is 8.74. The molecule has 3 N–H and O–H groups in total. The fourth-order valence-electron chi connectivity index (χ4n) is 1.26. The molecular weight excluding hydrogens is 213 g/mol. The van der Waals surface area contributed by atoms with E-state index in [-0.39, 0.29) is 12.2 Å². The van der Waals surface area contributed by atoms with E-state index in [4.69, 9.17) is 10.2 Å². The Bertz CT molecular complexity index is 368. The molecule has 0 fully saturated rings. The van der Waals surface area contributed by atoms with Crippen LogP contribution in [0, 0.1) is 5.82 Å². The van der Waals surface area contributed by atoms with Crippen molar-refractivity contribution >= 4 is 5.97 Å². The molecule has 0 aliphatic rings. The summed E-state index contributed by atoms with van der Waals surface area (Å²) >= 11 is 0. The van der Waals surface area contributed by atoms with Gasteiger partial charge in [0, 0.05) is 13.0 Å². The molecule has 1 aromatic rings. The Balaban J connectivity index is 2.27. The molecule has 0 atom stereocenters. The van der Waals surface area contributed by atoms with Crippen LogP contribution in [0.25, 0.3) is 0 Å². The Kier molecular flexibility index (Phi) is 4.72. The standard InChI is InChI=1S/C11H14FNO3/c12-9-6-8(3-4-10(9)14)7-13-5-1-2-11(15)16/h3-4,6,13-14H,1-2,5,7H2,(H,15,16). The number of carboxylic acid groups (broad SMARTS) is 1. The highest BCUT2D eigenvalue weighted by Crippen LogP contribution is 2.15. The molecule has 0 spiro atoms. The molecule has 0 saturated heterocycles. The lowest BCUT2D eigenvalue weighted by molar-refractivity contribution is -0.137. The highest BCUT2D eigenvalue weighted by atomic mass is 19.1. The third kappa shape index (κ3) is 4.27. The van der Waals surface area contributed by atoms with Crippen LogP contribution in [0.3, 0.4) is 0 Å². The highest BCUT2D eigenvalue weighted by Gasteiger charge is 2.01. The van der Waals surface area contributed by atoms with E-state index in [0.717, 1.165) is 0 Å². The van der Waals surface area contributed by atoms with E-state index in [1.165, 1.54) is 12.1 Å². The van der Waals surface area contributed by atoms with Gasteiger partial charge in [0.25, 0.3) is 0 Å². The summed E-state index contributed by atoms with van der Waals surface area (Å²) in [5.74, 6) is -1.84. The van der Waals surface area contributed by atoms with E-state index in [9.17, 15) is 9.18 Å². The van der Waals surface area contributed by atoms with Crippen molar-refractivity contribution in [1.82, 2.24) is 5.32 Å². The number of benzene rings is 1. The predicted octanol–water partition coefficient (Wildman–Crippen LogP) is 1.49. The van der Waals surface area contributed by atoms with Gasteiger partial charge in [-0.05, 0) is 30.7 Å². The van der Waals surface area contributed by atoms with E-state index in [2.05, 4.69) is 5.32 Å². The average molecular weight is 227 g/mol. The highest BCUT2D eigenvalue weighted by molar-refractivity contribution is 5.66. The lowest BCUT2D eigenvalue weighted by Gasteiger charge is -2.04. The molecule has 0 amide bonds. The maximum Gasteiger partial charge on any atom is 0.303 e. The second-order valence-electron chi connectivity index (χ2n) is 3.46. The van der Waals surface area contributed by atoms with Gasteiger partial charge in [0.15, 0.2) is 11.6 Å². The van der Waals surface area contributed by atoms with Crippen LogP contribution in [0.4, 0.5) is 4.39 Å². The van der Waals surface area contributed by atoms with Crippen molar-refractivity contribution in [3.63, 3.8) is 0 Å². The zero-order chi connectivity index (χ0) is 12.0. The Hall–Kier alpha value is -1.62. The zero-order valence-corrected chi connectivity index (χ0v) is 8.74. The van der Waals surface area contributed by atoms with Gasteiger partial charge in [-0.3, -0.25) is 4.79 Å². The van der Waals surface area contributed by atoms with E-state index in [0.29, 0.717) is 25.1 Å². The minimum absolute atomic E-state index is 0.122. The topological polar surface area (TPSA) is 69.6 Å². The van der Waals surface area contributed by atoms with Crippen LogP contribution in [0.1, 0.15) is 18.4 Å². The van der Waals surface area contributed by atoms with E-state index < -0.39 is 11.8 Å². The van der Waals surface area contributed by atoms with Crippen molar-refractivity contribution in [3.8, 4) is 5.75 Å². The monoisotopic (exact) mass is 227 g/mol. The number of aliphatic carboxylic acids is 1. The molecule has 0 aliphatic carbocycles. The van der Waals surface area contributed by atoms with Gasteiger partial charge in [-0.25, -0.2) is 4.39 Å². The summed E-state index contributed by atoms with van der Waals surface area (Å²) in [5.41, 5.74) is 0.714. The molecule has 0 aliphatic heterocycles. The fourth-order valence-corrected chi connectivity index (χ4v) is 1.26. The minimum atomic E-state index is -0.822. The van der Waals surface area contributed by atoms with Crippen LogP contribution in [0.2, 0.25) is 0 Å². The number of phenols is 1. The van der Waals surface area contributed by atoms with Gasteiger partial charge in [-0.1, -0.05) is 6.07 Å². The largest absolute Gasteiger partial charge is 0.505 e. The van der Waals surface area contributed by atoms with E-state index in [1.54, 1.807) is 6.07 Å². The summed E-state index contributed by atoms with van der Waals surface area (Å²) in [6, 6.07) is 4.16. The first-order valence-electron chi connectivity index (χ1n) is 4.99. The molecule has 88 valence electrons. The van der Waals surface area contributed by atoms with Gasteiger partial charge < -0.3 is 15.5 Å². The van der Waals surface area contributed by atoms with Crippen molar-refractivity contribution < 1.29 is 19.4 Å². The van der Waals surface area contributed by atoms with Crippen molar-refractivity contribution in [2.75, 3.05) is 6.54 Å². The van der Waals surface area contributed by atoms with Gasteiger partial charge in [0.05, 0.1) is 0 Å². The summed E-state index contributed by atoms with van der Waals surface area (Å²) < 4.78 is 12.9. The first kappa shape index (κ1) is 12.4. The quantitative estimate of drug-likeness (QED) is 0.644. The molecule has 0 saturated carbocycles. The van der Waals surface area contributed by atoms with Crippen molar-refractivity contribution in [2.24, 2.45) is 0 Å². The molecule has 0 aromatic heterocycles. The number of carboxylic acids is 1. The fraction of sp³-hybridized carbons (Fsp3) is 0.364. The number of phenolic OH excluding ortho intramolecular Hbond substituents is 1. The summed E-state index contributed by atoms with van der Waals surface area (Å²) in [5, 5.41) is 20.3. The lowest BCUT2D eigenvalue weighted by Crippen LogP contribution is -2.15. The normalized spacial score (nSPS) is 10.3. The lowest BCUT2D eigenvalue weighted by atomic mass is 10.2. The third-order valence-electron chi connectivity index (χ3n) is 2.09. The summed E-state index contributed by atoms with van der Waals surface area (Å²) in [4.78, 5) is 10.2. The molecule has 5 heteroatoms. The number of aromatic hydroxyl groups is 1. The van der Waals surface area contributed by atoms with Gasteiger partial charge in [0.1, 0.15) is 0 Å². The maximum atomic E-state index is 12.9. The number of hydrogen-bond donors (Lipinski definition) is 3. The minimum Gasteiger partial charge on any atom is -0.505 e. The average Bonchev–Trinajstić information content (AvgIpc) is 2.22. The molecule has 0 bridgehead atoms. The van der Waals surface area contributed by atoms with Crippen molar-refractivity contribution in [2.45, 2.75) is 19.4 Å². The summed E-state index contributed by atoms with van der Waals surface area (Å²) in [6.07, 6.45) is 0.660. The summed E-state index contributed by atoms with van der Waals surface area (Å²) in [7, 11) is 0. The van der Waals surface area contributed by atoms with Crippen molar-refractivity contribution in [3.05, 3.63) is 29.6 Å². The Labute approximate surface area is 92.7 Å². The maximum absolute atomic E-state index is 12.9. The second kappa shape index (κ2) is 6.07. The Morgan fingerprint density at radius 1 is 1.44 bits per heavy atom. The smallest absolute Gasteiger partial charge is 0.303 e. The van der Waals surface area contributed by atoms with Gasteiger partial charge in [-0.15, -0.1) is 0 Å². The van der Waals surface area contributed by atoms with E-state index >= 15 is 0 Å². The van der Waals surface area contributed by atoms with Crippen LogP contribution in [-0.2, 0) is 11.3 Å². The first-order valence-corrected chi connectivity index (χ1v) is 4.99. The molecule has 0 radical (unpaired) electrons. The summed E-state index contributed by atoms with van der Waals surface area (Å²) in [6.45, 7) is 1.02. The van der Waals surface area contributed by atoms with Crippen LogP contribution in [0.5, 0.6) is 5.75 Å². The third-order valence-corrected chi connectivity index (χ3v) is 2.09. The van der Waals surface area contributed by atoms with Crippen molar-refractivity contribution in [1.29, 1.82) is 0 Å². The molecule has 0 unspecified atom stereocenters. The van der Waals surface area contributed by atoms with Crippen LogP contribution in [0.15, 0.2) is 18.2 Å². The molecule has 1 rings (SSSR count). The van der Waals surface area contributed by atoms with Crippen LogP contribution >= 0.6 is 0 Å². The number of carbonyl (C=O) groups is 1. The molecule has 0 heterocycles. The Morgan fingerprint density at radius 3 is 2.81 bits per heavy atom. The van der Waals surface area contributed by atoms with Crippen LogP contribution < -0.4 is 5.32 Å². The van der Waals surface area contributed by atoms with Gasteiger partial charge in [0.2, 0.25) is 0 Å². The number of nitrogens with one attached hydrogen (secondary N) is 1. The van der Waals surface area contributed by atoms with E-state index in [1.807, 2.05) is 0 Å².